The van der Waals surface area contributed by atoms with Gasteiger partial charge in [0.25, 0.3) is 5.91 Å². The third kappa shape index (κ3) is 13.2. The van der Waals surface area contributed by atoms with Gasteiger partial charge in [0.15, 0.2) is 18.1 Å². The Labute approximate surface area is 252 Å². The number of hydrogen-bond acceptors (Lipinski definition) is 6. The van der Waals surface area contributed by atoms with E-state index in [2.05, 4.69) is 30.3 Å². The van der Waals surface area contributed by atoms with Crippen molar-refractivity contribution in [1.82, 2.24) is 4.90 Å². The lowest BCUT2D eigenvalue weighted by Crippen LogP contribution is -2.20. The highest BCUT2D eigenvalue weighted by atomic mass is 32.2. The predicted molar refractivity (Wildman–Crippen MR) is 172 cm³/mol. The molecule has 1 amide bonds. The Kier molecular flexibility index (Phi) is 15.4. The summed E-state index contributed by atoms with van der Waals surface area (Å²) in [5, 5.41) is 2.92. The van der Waals surface area contributed by atoms with Crippen molar-refractivity contribution in [2.75, 3.05) is 31.5 Å². The summed E-state index contributed by atoms with van der Waals surface area (Å²) in [7, 11) is 1.63. The summed E-state index contributed by atoms with van der Waals surface area (Å²) in [5.41, 5.74) is 1.96. The molecule has 2 aromatic carbocycles. The minimum atomic E-state index is -0.213. The van der Waals surface area contributed by atoms with Gasteiger partial charge < -0.3 is 24.4 Å². The van der Waals surface area contributed by atoms with Gasteiger partial charge in [-0.15, -0.1) is 11.8 Å². The average Bonchev–Trinajstić information content (AvgIpc) is 3.39. The summed E-state index contributed by atoms with van der Waals surface area (Å²) in [6, 6.07) is 13.4. The molecule has 0 fully saturated rings. The highest BCUT2D eigenvalue weighted by molar-refractivity contribution is 8.03. The van der Waals surface area contributed by atoms with E-state index in [9.17, 15) is 4.79 Å². The van der Waals surface area contributed by atoms with Gasteiger partial charge in [-0.1, -0.05) is 89.7 Å². The van der Waals surface area contributed by atoms with Gasteiger partial charge in [-0.25, -0.2) is 0 Å². The third-order valence-corrected chi connectivity index (χ3v) is 8.23. The number of rotatable bonds is 21. The molecule has 3 rings (SSSR count). The molecule has 1 N–H and O–H groups in total. The smallest absolute Gasteiger partial charge is 0.262 e. The maximum absolute atomic E-state index is 12.6. The largest absolute Gasteiger partial charge is 0.497 e. The van der Waals surface area contributed by atoms with E-state index in [1.807, 2.05) is 48.2 Å². The normalized spacial score (nSPS) is 12.8. The van der Waals surface area contributed by atoms with Crippen molar-refractivity contribution in [3.05, 3.63) is 59.1 Å². The number of carbonyl (C=O) groups excluding carboxylic acids is 1. The van der Waals surface area contributed by atoms with Gasteiger partial charge in [0.2, 0.25) is 0 Å². The highest BCUT2D eigenvalue weighted by Gasteiger charge is 2.12. The number of anilines is 1. The van der Waals surface area contributed by atoms with Gasteiger partial charge in [-0.2, -0.15) is 0 Å². The number of thioether (sulfide) groups is 1. The number of nitrogens with one attached hydrogen (secondary N) is 1. The van der Waals surface area contributed by atoms with Gasteiger partial charge in [-0.3, -0.25) is 4.79 Å². The molecule has 2 aromatic rings. The molecule has 0 unspecified atom stereocenters. The van der Waals surface area contributed by atoms with Crippen molar-refractivity contribution in [2.24, 2.45) is 0 Å². The lowest BCUT2D eigenvalue weighted by atomic mass is 10.1. The van der Waals surface area contributed by atoms with Gasteiger partial charge in [0.05, 0.1) is 19.6 Å². The van der Waals surface area contributed by atoms with E-state index in [0.717, 1.165) is 31.0 Å². The Balaban J connectivity index is 1.33. The molecule has 0 bridgehead atoms. The van der Waals surface area contributed by atoms with E-state index in [1.54, 1.807) is 13.2 Å². The van der Waals surface area contributed by atoms with Crippen LogP contribution in [-0.4, -0.2) is 37.0 Å². The van der Waals surface area contributed by atoms with Crippen LogP contribution in [0.2, 0.25) is 0 Å². The Morgan fingerprint density at radius 3 is 2.12 bits per heavy atom. The molecule has 0 radical (unpaired) electrons. The van der Waals surface area contributed by atoms with E-state index in [-0.39, 0.29) is 12.5 Å². The SMILES string of the molecule is CCCCCCCCCCCCCCOc1cc(OC)ccc1OCC(=O)Nc1ccc(CN2C=C(C)SC2)cc1. The second kappa shape index (κ2) is 19.3. The van der Waals surface area contributed by atoms with Crippen LogP contribution in [0.3, 0.4) is 0 Å². The minimum absolute atomic E-state index is 0.0991. The Hall–Kier alpha value is -2.80. The monoisotopic (exact) mass is 582 g/mol. The number of hydrogen-bond donors (Lipinski definition) is 1. The Morgan fingerprint density at radius 1 is 0.854 bits per heavy atom. The number of methoxy groups -OCH3 is 1. The van der Waals surface area contributed by atoms with Crippen LogP contribution in [0.5, 0.6) is 17.2 Å². The van der Waals surface area contributed by atoms with Crippen molar-refractivity contribution in [3.8, 4) is 17.2 Å². The zero-order valence-corrected chi connectivity index (χ0v) is 26.2. The summed E-state index contributed by atoms with van der Waals surface area (Å²) in [4.78, 5) is 16.2. The average molecular weight is 583 g/mol. The van der Waals surface area contributed by atoms with E-state index in [1.165, 1.54) is 74.7 Å². The Bertz CT molecular complexity index is 1060. The first-order chi connectivity index (χ1) is 20.1. The van der Waals surface area contributed by atoms with Crippen LogP contribution < -0.4 is 19.5 Å². The van der Waals surface area contributed by atoms with Crippen molar-refractivity contribution in [3.63, 3.8) is 0 Å². The molecular formula is C34H50N2O4S. The maximum Gasteiger partial charge on any atom is 0.262 e. The van der Waals surface area contributed by atoms with Crippen LogP contribution in [-0.2, 0) is 11.3 Å². The van der Waals surface area contributed by atoms with Crippen LogP contribution in [0.4, 0.5) is 5.69 Å². The number of benzene rings is 2. The maximum atomic E-state index is 12.6. The third-order valence-electron chi connectivity index (χ3n) is 7.21. The first-order valence-corrected chi connectivity index (χ1v) is 16.4. The van der Waals surface area contributed by atoms with Crippen LogP contribution in [0, 0.1) is 0 Å². The first kappa shape index (κ1) is 32.7. The fourth-order valence-corrected chi connectivity index (χ4v) is 5.61. The molecule has 41 heavy (non-hydrogen) atoms. The van der Waals surface area contributed by atoms with Crippen molar-refractivity contribution in [1.29, 1.82) is 0 Å². The predicted octanol–water partition coefficient (Wildman–Crippen LogP) is 9.16. The lowest BCUT2D eigenvalue weighted by Gasteiger charge is -2.15. The molecule has 1 aliphatic heterocycles. The molecule has 1 heterocycles. The van der Waals surface area contributed by atoms with Crippen LogP contribution >= 0.6 is 11.8 Å². The quantitative estimate of drug-likeness (QED) is 0.148. The number of carbonyl (C=O) groups is 1. The van der Waals surface area contributed by atoms with Gasteiger partial charge in [-0.05, 0) is 48.1 Å². The number of ether oxygens (including phenoxy) is 3. The number of unbranched alkanes of at least 4 members (excludes halogenated alkanes) is 11. The van der Waals surface area contributed by atoms with Gasteiger partial charge in [0.1, 0.15) is 5.75 Å². The van der Waals surface area contributed by atoms with E-state index < -0.39 is 0 Å². The zero-order valence-electron chi connectivity index (χ0n) is 25.4. The summed E-state index contributed by atoms with van der Waals surface area (Å²) in [6.07, 6.45) is 17.9. The zero-order chi connectivity index (χ0) is 29.1. The van der Waals surface area contributed by atoms with Crippen molar-refractivity contribution in [2.45, 2.75) is 97.4 Å². The summed E-state index contributed by atoms with van der Waals surface area (Å²) in [5.74, 6) is 2.62. The second-order valence-corrected chi connectivity index (χ2v) is 12.0. The fraction of sp³-hybridized carbons (Fsp3) is 0.559. The van der Waals surface area contributed by atoms with Gasteiger partial charge in [0, 0.05) is 24.5 Å². The summed E-state index contributed by atoms with van der Waals surface area (Å²) < 4.78 is 17.3. The molecule has 0 atom stereocenters. The van der Waals surface area contributed by atoms with Crippen LogP contribution in [0.15, 0.2) is 53.6 Å². The molecule has 0 aromatic heterocycles. The molecule has 1 aliphatic rings. The topological polar surface area (TPSA) is 60.0 Å². The van der Waals surface area contributed by atoms with E-state index >= 15 is 0 Å². The Morgan fingerprint density at radius 2 is 1.51 bits per heavy atom. The van der Waals surface area contributed by atoms with Crippen molar-refractivity contribution >= 4 is 23.4 Å². The standard InChI is InChI=1S/C34H50N2O4S/c1-4-5-6-7-8-9-10-11-12-13-14-15-22-39-33-23-31(38-3)20-21-32(33)40-26-34(37)35-30-18-16-29(17-19-30)25-36-24-28(2)41-27-36/h16-21,23-24H,4-15,22,25-27H2,1-3H3,(H,35,37). The first-order valence-electron chi connectivity index (χ1n) is 15.4. The number of amides is 1. The minimum Gasteiger partial charge on any atom is -0.497 e. The lowest BCUT2D eigenvalue weighted by molar-refractivity contribution is -0.118. The van der Waals surface area contributed by atoms with Gasteiger partial charge >= 0.3 is 0 Å². The number of nitrogens with zero attached hydrogens (tertiary/aromatic N) is 1. The van der Waals surface area contributed by atoms with Crippen LogP contribution in [0.1, 0.15) is 96.5 Å². The summed E-state index contributed by atoms with van der Waals surface area (Å²) in [6.45, 7) is 5.78. The molecule has 0 aliphatic carbocycles. The molecule has 0 saturated carbocycles. The second-order valence-electron chi connectivity index (χ2n) is 10.8. The molecule has 226 valence electrons. The van der Waals surface area contributed by atoms with E-state index in [4.69, 9.17) is 14.2 Å². The molecule has 0 spiro atoms. The summed E-state index contributed by atoms with van der Waals surface area (Å²) >= 11 is 1.85. The number of allylic oxidation sites excluding steroid dienone is 1. The molecular weight excluding hydrogens is 532 g/mol. The molecule has 7 heteroatoms. The molecule has 6 nitrogen and oxygen atoms in total. The van der Waals surface area contributed by atoms with E-state index in [0.29, 0.717) is 23.9 Å². The fourth-order valence-electron chi connectivity index (χ4n) is 4.85. The van der Waals surface area contributed by atoms with Crippen LogP contribution in [0.25, 0.3) is 0 Å². The molecule has 0 saturated heterocycles. The van der Waals surface area contributed by atoms with Crippen molar-refractivity contribution < 1.29 is 19.0 Å². The highest BCUT2D eigenvalue weighted by Crippen LogP contribution is 2.32.